The summed E-state index contributed by atoms with van der Waals surface area (Å²) in [5.41, 5.74) is 1.30. The first-order valence-corrected chi connectivity index (χ1v) is 8.71. The van der Waals surface area contributed by atoms with E-state index in [-0.39, 0.29) is 11.9 Å². The lowest BCUT2D eigenvalue weighted by Gasteiger charge is -2.25. The van der Waals surface area contributed by atoms with Crippen LogP contribution in [0.25, 0.3) is 0 Å². The summed E-state index contributed by atoms with van der Waals surface area (Å²) in [6.07, 6.45) is 4.36. The number of nitrogens with zero attached hydrogens (tertiary/aromatic N) is 2. The number of aromatic nitrogens is 1. The summed E-state index contributed by atoms with van der Waals surface area (Å²) in [5.74, 6) is 0.113. The highest BCUT2D eigenvalue weighted by molar-refractivity contribution is 7.10. The molecule has 0 aliphatic carbocycles. The molecule has 0 saturated carbocycles. The fourth-order valence-corrected chi connectivity index (χ4v) is 3.99. The van der Waals surface area contributed by atoms with E-state index in [1.54, 1.807) is 11.3 Å². The van der Waals surface area contributed by atoms with Gasteiger partial charge in [-0.15, -0.1) is 11.3 Å². The molecule has 1 fully saturated rings. The first kappa shape index (κ1) is 15.3. The van der Waals surface area contributed by atoms with E-state index in [4.69, 9.17) is 0 Å². The minimum absolute atomic E-state index is 0.0867. The van der Waals surface area contributed by atoms with Gasteiger partial charge in [-0.25, -0.2) is 0 Å². The summed E-state index contributed by atoms with van der Waals surface area (Å²) in [5, 5.41) is 5.16. The number of thiophene rings is 1. The topological polar surface area (TPSA) is 37.3 Å². The molecular formula is C17H23N3OS. The summed E-state index contributed by atoms with van der Waals surface area (Å²) >= 11 is 1.68. The van der Waals surface area contributed by atoms with Crippen molar-refractivity contribution in [2.75, 3.05) is 13.1 Å². The number of nitrogens with one attached hydrogen (secondary N) is 1. The Morgan fingerprint density at radius 2 is 2.32 bits per heavy atom. The van der Waals surface area contributed by atoms with Gasteiger partial charge in [0.25, 0.3) is 0 Å². The summed E-state index contributed by atoms with van der Waals surface area (Å²) in [6, 6.07) is 8.78. The van der Waals surface area contributed by atoms with Gasteiger partial charge in [0.05, 0.1) is 18.6 Å². The van der Waals surface area contributed by atoms with Crippen LogP contribution in [0.1, 0.15) is 42.4 Å². The van der Waals surface area contributed by atoms with E-state index in [1.807, 2.05) is 18.4 Å². The van der Waals surface area contributed by atoms with Crippen LogP contribution in [0.4, 0.5) is 0 Å². The lowest BCUT2D eigenvalue weighted by Crippen LogP contribution is -2.38. The van der Waals surface area contributed by atoms with Gasteiger partial charge >= 0.3 is 0 Å². The molecule has 0 radical (unpaired) electrons. The molecular weight excluding hydrogens is 294 g/mol. The fourth-order valence-electron chi connectivity index (χ4n) is 3.25. The number of carbonyl (C=O) groups excluding carboxylic acids is 1. The smallest absolute Gasteiger partial charge is 0.234 e. The summed E-state index contributed by atoms with van der Waals surface area (Å²) in [7, 11) is 2.07. The molecule has 3 rings (SSSR count). The van der Waals surface area contributed by atoms with Gasteiger partial charge in [0.1, 0.15) is 0 Å². The van der Waals surface area contributed by atoms with Crippen molar-refractivity contribution >= 4 is 17.2 Å². The maximum absolute atomic E-state index is 12.3. The van der Waals surface area contributed by atoms with Gasteiger partial charge in [0, 0.05) is 23.8 Å². The quantitative estimate of drug-likeness (QED) is 0.920. The Morgan fingerprint density at radius 3 is 3.00 bits per heavy atom. The predicted octanol–water partition coefficient (Wildman–Crippen LogP) is 3.10. The third-order valence-corrected chi connectivity index (χ3v) is 5.44. The van der Waals surface area contributed by atoms with Crippen LogP contribution in [-0.4, -0.2) is 28.5 Å². The highest BCUT2D eigenvalue weighted by Gasteiger charge is 2.29. The second kappa shape index (κ2) is 6.67. The Bertz CT molecular complexity index is 620. The van der Waals surface area contributed by atoms with Crippen LogP contribution in [0.2, 0.25) is 0 Å². The second-order valence-corrected chi connectivity index (χ2v) is 6.96. The van der Waals surface area contributed by atoms with Gasteiger partial charge in [-0.2, -0.15) is 0 Å². The van der Waals surface area contributed by atoms with Crippen molar-refractivity contribution < 1.29 is 4.79 Å². The molecule has 4 nitrogen and oxygen atoms in total. The molecule has 3 heterocycles. The lowest BCUT2D eigenvalue weighted by atomic mass is 10.1. The molecule has 1 aliphatic heterocycles. The molecule has 1 amide bonds. The van der Waals surface area contributed by atoms with E-state index >= 15 is 0 Å². The second-order valence-electron chi connectivity index (χ2n) is 5.98. The molecule has 5 heteroatoms. The van der Waals surface area contributed by atoms with Crippen molar-refractivity contribution in [3.63, 3.8) is 0 Å². The third kappa shape index (κ3) is 3.25. The van der Waals surface area contributed by atoms with Gasteiger partial charge in [0.15, 0.2) is 0 Å². The fraction of sp³-hybridized carbons (Fsp3) is 0.471. The van der Waals surface area contributed by atoms with Crippen LogP contribution in [0, 0.1) is 0 Å². The molecule has 0 aromatic carbocycles. The molecule has 1 saturated heterocycles. The first-order chi connectivity index (χ1) is 10.6. The zero-order valence-electron chi connectivity index (χ0n) is 13.2. The number of amides is 1. The van der Waals surface area contributed by atoms with Crippen molar-refractivity contribution in [3.8, 4) is 0 Å². The molecule has 2 aromatic rings. The Morgan fingerprint density at radius 1 is 1.45 bits per heavy atom. The molecule has 2 aromatic heterocycles. The Hall–Kier alpha value is -1.59. The van der Waals surface area contributed by atoms with Gasteiger partial charge in [-0.05, 0) is 49.9 Å². The Kier molecular flexibility index (Phi) is 4.64. The summed E-state index contributed by atoms with van der Waals surface area (Å²) < 4.78 is 2.16. The van der Waals surface area contributed by atoms with E-state index in [2.05, 4.69) is 46.2 Å². The SMILES string of the molecule is C[C@@H](NC(=O)CN1CCC[C@@H]1c1cccn1C)c1cccs1. The van der Waals surface area contributed by atoms with Crippen molar-refractivity contribution in [1.82, 2.24) is 14.8 Å². The van der Waals surface area contributed by atoms with E-state index < -0.39 is 0 Å². The monoisotopic (exact) mass is 317 g/mol. The summed E-state index contributed by atoms with van der Waals surface area (Å²) in [6.45, 7) is 3.52. The van der Waals surface area contributed by atoms with E-state index in [9.17, 15) is 4.79 Å². The van der Waals surface area contributed by atoms with Crippen LogP contribution < -0.4 is 5.32 Å². The molecule has 2 atom stereocenters. The number of carbonyl (C=O) groups is 1. The molecule has 118 valence electrons. The number of likely N-dealkylation sites (tertiary alicyclic amines) is 1. The highest BCUT2D eigenvalue weighted by atomic mass is 32.1. The number of aryl methyl sites for hydroxylation is 1. The van der Waals surface area contributed by atoms with Crippen molar-refractivity contribution in [2.45, 2.75) is 31.8 Å². The van der Waals surface area contributed by atoms with Gasteiger partial charge in [-0.3, -0.25) is 9.69 Å². The van der Waals surface area contributed by atoms with Crippen LogP contribution in [-0.2, 0) is 11.8 Å². The van der Waals surface area contributed by atoms with Crippen LogP contribution in [0.3, 0.4) is 0 Å². The average Bonchev–Trinajstić information content (AvgIpc) is 3.19. The molecule has 0 spiro atoms. The van der Waals surface area contributed by atoms with Crippen LogP contribution >= 0.6 is 11.3 Å². The summed E-state index contributed by atoms with van der Waals surface area (Å²) in [4.78, 5) is 15.8. The first-order valence-electron chi connectivity index (χ1n) is 7.83. The standard InChI is InChI=1S/C17H23N3OS/c1-13(16-8-5-11-22-16)18-17(21)12-20-10-4-7-15(20)14-6-3-9-19(14)2/h3,5-6,8-9,11,13,15H,4,7,10,12H2,1-2H3,(H,18,21)/t13-,15-/m1/s1. The molecule has 0 bridgehead atoms. The zero-order chi connectivity index (χ0) is 15.5. The maximum atomic E-state index is 12.3. The number of rotatable bonds is 5. The maximum Gasteiger partial charge on any atom is 0.234 e. The minimum Gasteiger partial charge on any atom is -0.353 e. The highest BCUT2D eigenvalue weighted by Crippen LogP contribution is 2.31. The van der Waals surface area contributed by atoms with Crippen molar-refractivity contribution in [2.24, 2.45) is 7.05 Å². The van der Waals surface area contributed by atoms with Crippen LogP contribution in [0.15, 0.2) is 35.8 Å². The van der Waals surface area contributed by atoms with Gasteiger partial charge < -0.3 is 9.88 Å². The lowest BCUT2D eigenvalue weighted by molar-refractivity contribution is -0.123. The molecule has 22 heavy (non-hydrogen) atoms. The minimum atomic E-state index is 0.0867. The molecule has 1 N–H and O–H groups in total. The predicted molar refractivity (Wildman–Crippen MR) is 89.8 cm³/mol. The molecule has 1 aliphatic rings. The van der Waals surface area contributed by atoms with E-state index in [0.717, 1.165) is 19.4 Å². The van der Waals surface area contributed by atoms with Crippen molar-refractivity contribution in [3.05, 3.63) is 46.4 Å². The Labute approximate surface area is 135 Å². The normalized spacial score (nSPS) is 20.2. The zero-order valence-corrected chi connectivity index (χ0v) is 14.0. The average molecular weight is 317 g/mol. The van der Waals surface area contributed by atoms with Gasteiger partial charge in [0.2, 0.25) is 5.91 Å². The largest absolute Gasteiger partial charge is 0.353 e. The third-order valence-electron chi connectivity index (χ3n) is 4.38. The number of hydrogen-bond acceptors (Lipinski definition) is 3. The van der Waals surface area contributed by atoms with Crippen LogP contribution in [0.5, 0.6) is 0 Å². The Balaban J connectivity index is 1.60. The van der Waals surface area contributed by atoms with E-state index in [0.29, 0.717) is 12.6 Å². The number of hydrogen-bond donors (Lipinski definition) is 1. The van der Waals surface area contributed by atoms with E-state index in [1.165, 1.54) is 10.6 Å². The molecule has 0 unspecified atom stereocenters. The van der Waals surface area contributed by atoms with Crippen molar-refractivity contribution in [1.29, 1.82) is 0 Å². The van der Waals surface area contributed by atoms with Gasteiger partial charge in [-0.1, -0.05) is 6.07 Å².